The van der Waals surface area contributed by atoms with E-state index in [4.69, 9.17) is 0 Å². The minimum atomic E-state index is -0.701. The number of carbonyl (C=O) groups is 1. The van der Waals surface area contributed by atoms with Crippen molar-refractivity contribution >= 4 is 5.97 Å². The second-order valence-electron chi connectivity index (χ2n) is 5.33. The van der Waals surface area contributed by atoms with Crippen molar-refractivity contribution in [2.24, 2.45) is 5.92 Å². The maximum Gasteiger partial charge on any atom is 0.321 e. The van der Waals surface area contributed by atoms with Crippen molar-refractivity contribution in [1.82, 2.24) is 4.90 Å². The van der Waals surface area contributed by atoms with Crippen LogP contribution in [0.5, 0.6) is 0 Å². The van der Waals surface area contributed by atoms with Gasteiger partial charge in [0.05, 0.1) is 0 Å². The van der Waals surface area contributed by atoms with E-state index in [1.54, 1.807) is 0 Å². The van der Waals surface area contributed by atoms with Crippen LogP contribution in [-0.2, 0) is 4.79 Å². The minimum absolute atomic E-state index is 0.131. The predicted octanol–water partition coefficient (Wildman–Crippen LogP) is 2.93. The molecule has 0 saturated carbocycles. The summed E-state index contributed by atoms with van der Waals surface area (Å²) in [6, 6.07) is 10.1. The van der Waals surface area contributed by atoms with Crippen molar-refractivity contribution in [1.29, 1.82) is 0 Å². The normalized spacial score (nSPS) is 22.3. The SMILES string of the molecule is CC(C)C(C(=O)O)N1CCCC1c1ccccc1. The molecule has 98 valence electrons. The summed E-state index contributed by atoms with van der Waals surface area (Å²) in [4.78, 5) is 13.6. The molecule has 1 fully saturated rings. The van der Waals surface area contributed by atoms with Crippen LogP contribution in [0.1, 0.15) is 38.3 Å². The summed E-state index contributed by atoms with van der Waals surface area (Å²) < 4.78 is 0. The lowest BCUT2D eigenvalue weighted by atomic mass is 9.98. The highest BCUT2D eigenvalue weighted by atomic mass is 16.4. The van der Waals surface area contributed by atoms with Gasteiger partial charge >= 0.3 is 5.97 Å². The summed E-state index contributed by atoms with van der Waals surface area (Å²) in [7, 11) is 0. The molecular weight excluding hydrogens is 226 g/mol. The van der Waals surface area contributed by atoms with Crippen molar-refractivity contribution in [2.45, 2.75) is 38.8 Å². The van der Waals surface area contributed by atoms with Crippen LogP contribution in [0.3, 0.4) is 0 Å². The molecule has 18 heavy (non-hydrogen) atoms. The van der Waals surface area contributed by atoms with Gasteiger partial charge in [0.25, 0.3) is 0 Å². The third kappa shape index (κ3) is 2.56. The highest BCUT2D eigenvalue weighted by molar-refractivity contribution is 5.74. The molecule has 3 nitrogen and oxygen atoms in total. The van der Waals surface area contributed by atoms with Gasteiger partial charge in [0, 0.05) is 6.04 Å². The van der Waals surface area contributed by atoms with E-state index < -0.39 is 5.97 Å². The summed E-state index contributed by atoms with van der Waals surface area (Å²) in [5, 5.41) is 9.43. The Labute approximate surface area is 108 Å². The summed E-state index contributed by atoms with van der Waals surface area (Å²) in [5.41, 5.74) is 1.24. The number of carboxylic acids is 1. The Morgan fingerprint density at radius 3 is 2.56 bits per heavy atom. The third-order valence-electron chi connectivity index (χ3n) is 3.72. The summed E-state index contributed by atoms with van der Waals surface area (Å²) in [6.07, 6.45) is 2.14. The topological polar surface area (TPSA) is 40.5 Å². The molecular formula is C15H21NO2. The van der Waals surface area contributed by atoms with Crippen molar-refractivity contribution in [2.75, 3.05) is 6.54 Å². The Balaban J connectivity index is 2.24. The number of hydrogen-bond acceptors (Lipinski definition) is 2. The Kier molecular flexibility index (Phi) is 4.02. The van der Waals surface area contributed by atoms with Crippen molar-refractivity contribution in [3.8, 4) is 0 Å². The number of likely N-dealkylation sites (tertiary alicyclic amines) is 1. The standard InChI is InChI=1S/C15H21NO2/c1-11(2)14(15(17)18)16-10-6-9-13(16)12-7-4-3-5-8-12/h3-5,7-8,11,13-14H,6,9-10H2,1-2H3,(H,17,18). The van der Waals surface area contributed by atoms with E-state index in [1.165, 1.54) is 5.56 Å². The Morgan fingerprint density at radius 2 is 2.00 bits per heavy atom. The molecule has 0 amide bonds. The van der Waals surface area contributed by atoms with E-state index in [2.05, 4.69) is 17.0 Å². The molecule has 3 heteroatoms. The molecule has 2 rings (SSSR count). The number of aliphatic carboxylic acids is 1. The van der Waals surface area contributed by atoms with E-state index in [0.29, 0.717) is 0 Å². The quantitative estimate of drug-likeness (QED) is 0.889. The van der Waals surface area contributed by atoms with Gasteiger partial charge in [-0.1, -0.05) is 44.2 Å². The van der Waals surface area contributed by atoms with E-state index in [9.17, 15) is 9.90 Å². The lowest BCUT2D eigenvalue weighted by Crippen LogP contribution is -2.44. The first-order valence-corrected chi connectivity index (χ1v) is 6.64. The van der Waals surface area contributed by atoms with Gasteiger partial charge in [-0.15, -0.1) is 0 Å². The molecule has 1 aromatic rings. The fraction of sp³-hybridized carbons (Fsp3) is 0.533. The van der Waals surface area contributed by atoms with Crippen LogP contribution in [0.15, 0.2) is 30.3 Å². The van der Waals surface area contributed by atoms with Gasteiger partial charge in [0.2, 0.25) is 0 Å². The first-order chi connectivity index (χ1) is 8.61. The van der Waals surface area contributed by atoms with E-state index in [1.807, 2.05) is 32.0 Å². The zero-order valence-corrected chi connectivity index (χ0v) is 11.0. The molecule has 1 aliphatic rings. The molecule has 1 N–H and O–H groups in total. The molecule has 1 aliphatic heterocycles. The smallest absolute Gasteiger partial charge is 0.321 e. The van der Waals surface area contributed by atoms with Crippen LogP contribution < -0.4 is 0 Å². The van der Waals surface area contributed by atoms with Gasteiger partial charge in [0.1, 0.15) is 6.04 Å². The van der Waals surface area contributed by atoms with Crippen LogP contribution >= 0.6 is 0 Å². The molecule has 0 spiro atoms. The van der Waals surface area contributed by atoms with E-state index >= 15 is 0 Å². The average molecular weight is 247 g/mol. The fourth-order valence-electron chi connectivity index (χ4n) is 2.97. The van der Waals surface area contributed by atoms with Crippen molar-refractivity contribution in [3.63, 3.8) is 0 Å². The first-order valence-electron chi connectivity index (χ1n) is 6.64. The van der Waals surface area contributed by atoms with Crippen molar-refractivity contribution < 1.29 is 9.90 Å². The van der Waals surface area contributed by atoms with Gasteiger partial charge in [-0.2, -0.15) is 0 Å². The van der Waals surface area contributed by atoms with Gasteiger partial charge in [-0.25, -0.2) is 0 Å². The number of rotatable bonds is 4. The molecule has 2 atom stereocenters. The van der Waals surface area contributed by atoms with E-state index in [0.717, 1.165) is 19.4 Å². The Morgan fingerprint density at radius 1 is 1.33 bits per heavy atom. The fourth-order valence-corrected chi connectivity index (χ4v) is 2.97. The molecule has 1 heterocycles. The molecule has 2 unspecified atom stereocenters. The number of nitrogens with zero attached hydrogens (tertiary/aromatic N) is 1. The monoisotopic (exact) mass is 247 g/mol. The van der Waals surface area contributed by atoms with Crippen LogP contribution in [0.4, 0.5) is 0 Å². The zero-order chi connectivity index (χ0) is 13.1. The third-order valence-corrected chi connectivity index (χ3v) is 3.72. The second-order valence-corrected chi connectivity index (χ2v) is 5.33. The Hall–Kier alpha value is -1.35. The van der Waals surface area contributed by atoms with Crippen LogP contribution in [0.2, 0.25) is 0 Å². The average Bonchev–Trinajstić information content (AvgIpc) is 2.78. The maximum atomic E-state index is 11.5. The number of benzene rings is 1. The van der Waals surface area contributed by atoms with E-state index in [-0.39, 0.29) is 18.0 Å². The number of hydrogen-bond donors (Lipinski definition) is 1. The lowest BCUT2D eigenvalue weighted by Gasteiger charge is -2.33. The van der Waals surface area contributed by atoms with Gasteiger partial charge in [-0.05, 0) is 30.9 Å². The molecule has 1 saturated heterocycles. The van der Waals surface area contributed by atoms with Crippen molar-refractivity contribution in [3.05, 3.63) is 35.9 Å². The highest BCUT2D eigenvalue weighted by Gasteiger charge is 2.37. The summed E-state index contributed by atoms with van der Waals surface area (Å²) >= 11 is 0. The molecule has 0 radical (unpaired) electrons. The summed E-state index contributed by atoms with van der Waals surface area (Å²) in [6.45, 7) is 4.85. The summed E-state index contributed by atoms with van der Waals surface area (Å²) in [5.74, 6) is -0.570. The predicted molar refractivity (Wildman–Crippen MR) is 71.4 cm³/mol. The molecule has 0 aromatic heterocycles. The number of carboxylic acid groups (broad SMARTS) is 1. The lowest BCUT2D eigenvalue weighted by molar-refractivity contribution is -0.145. The van der Waals surface area contributed by atoms with Gasteiger partial charge in [0.15, 0.2) is 0 Å². The molecule has 0 bridgehead atoms. The first kappa shape index (κ1) is 13.1. The zero-order valence-electron chi connectivity index (χ0n) is 11.0. The second kappa shape index (κ2) is 5.53. The largest absolute Gasteiger partial charge is 0.480 e. The van der Waals surface area contributed by atoms with Gasteiger partial charge < -0.3 is 5.11 Å². The highest BCUT2D eigenvalue weighted by Crippen LogP contribution is 2.35. The van der Waals surface area contributed by atoms with Crippen LogP contribution in [0, 0.1) is 5.92 Å². The molecule has 1 aromatic carbocycles. The minimum Gasteiger partial charge on any atom is -0.480 e. The van der Waals surface area contributed by atoms with Crippen LogP contribution in [-0.4, -0.2) is 28.6 Å². The van der Waals surface area contributed by atoms with Gasteiger partial charge in [-0.3, -0.25) is 9.69 Å². The van der Waals surface area contributed by atoms with Crippen LogP contribution in [0.25, 0.3) is 0 Å². The Bertz CT molecular complexity index is 402. The molecule has 0 aliphatic carbocycles. The maximum absolute atomic E-state index is 11.5.